The van der Waals surface area contributed by atoms with Gasteiger partial charge in [-0.1, -0.05) is 6.42 Å². The molecule has 158 valence electrons. The largest absolute Gasteiger partial charge is 0.363 e. The molecule has 0 bridgehead atoms. The van der Waals surface area contributed by atoms with Gasteiger partial charge in [0.25, 0.3) is 0 Å². The van der Waals surface area contributed by atoms with E-state index in [1.165, 1.54) is 11.4 Å². The Bertz CT molecular complexity index is 709. The van der Waals surface area contributed by atoms with Crippen molar-refractivity contribution in [2.75, 3.05) is 43.4 Å². The van der Waals surface area contributed by atoms with Gasteiger partial charge in [0.15, 0.2) is 5.96 Å². The summed E-state index contributed by atoms with van der Waals surface area (Å²) in [5.41, 5.74) is 0. The maximum absolute atomic E-state index is 12.1. The lowest BCUT2D eigenvalue weighted by Crippen LogP contribution is -2.48. The average molecular weight is 428 g/mol. The summed E-state index contributed by atoms with van der Waals surface area (Å²) in [6, 6.07) is 4.63. The topological polar surface area (TPSA) is 85.8 Å². The minimum Gasteiger partial charge on any atom is -0.363 e. The number of piperidine rings is 1. The summed E-state index contributed by atoms with van der Waals surface area (Å²) in [5.74, 6) is 1.27. The highest BCUT2D eigenvalue weighted by atomic mass is 32.2. The first-order valence-corrected chi connectivity index (χ1v) is 12.9. The number of guanidine groups is 1. The second kappa shape index (κ2) is 10.5. The van der Waals surface area contributed by atoms with Crippen molar-refractivity contribution < 1.29 is 8.42 Å². The minimum absolute atomic E-state index is 0.0348. The zero-order chi connectivity index (χ0) is 19.8. The van der Waals surface area contributed by atoms with E-state index < -0.39 is 10.0 Å². The number of hydrogen-bond acceptors (Lipinski definition) is 5. The molecule has 1 aromatic rings. The molecule has 0 aromatic carbocycles. The monoisotopic (exact) mass is 427 g/mol. The van der Waals surface area contributed by atoms with Crippen molar-refractivity contribution in [3.63, 3.8) is 0 Å². The van der Waals surface area contributed by atoms with Gasteiger partial charge < -0.3 is 15.5 Å². The normalized spacial score (nSPS) is 19.5. The molecule has 1 aliphatic heterocycles. The zero-order valence-corrected chi connectivity index (χ0v) is 18.3. The lowest BCUT2D eigenvalue weighted by atomic mass is 9.86. The van der Waals surface area contributed by atoms with Crippen LogP contribution in [0.3, 0.4) is 0 Å². The fourth-order valence-corrected chi connectivity index (χ4v) is 5.25. The van der Waals surface area contributed by atoms with Crippen LogP contribution in [0.2, 0.25) is 0 Å². The number of rotatable bonds is 9. The van der Waals surface area contributed by atoms with Gasteiger partial charge in [0.05, 0.1) is 17.3 Å². The molecule has 0 amide bonds. The highest BCUT2D eigenvalue weighted by Crippen LogP contribution is 2.25. The third kappa shape index (κ3) is 6.63. The molecule has 1 saturated carbocycles. The molecule has 28 heavy (non-hydrogen) atoms. The first-order chi connectivity index (χ1) is 13.6. The quantitative estimate of drug-likeness (QED) is 0.415. The van der Waals surface area contributed by atoms with Gasteiger partial charge in [-0.25, -0.2) is 13.1 Å². The van der Waals surface area contributed by atoms with E-state index in [0.717, 1.165) is 45.3 Å². The average Bonchev–Trinajstić information content (AvgIpc) is 3.15. The summed E-state index contributed by atoms with van der Waals surface area (Å²) in [6.07, 6.45) is 5.59. The molecule has 0 unspecified atom stereocenters. The van der Waals surface area contributed by atoms with Gasteiger partial charge in [0, 0.05) is 32.2 Å². The molecule has 1 saturated heterocycles. The molecule has 0 radical (unpaired) electrons. The number of thiophene rings is 1. The summed E-state index contributed by atoms with van der Waals surface area (Å²) in [5, 5.41) is 10.2. The highest BCUT2D eigenvalue weighted by Gasteiger charge is 2.21. The highest BCUT2D eigenvalue weighted by molar-refractivity contribution is 7.89. The summed E-state index contributed by atoms with van der Waals surface area (Å²) in [6.45, 7) is 5.67. The standard InChI is InChI=1S/C19H33N5O2S2/c1-2-20-19(21-10-14-28(25,26)22-15-16-5-3-6-16)23-17-8-11-24(12-9-17)18-7-4-13-27-18/h4,7,13,16-17,22H,2-3,5-6,8-12,14-15H2,1H3,(H2,20,21,23). The predicted octanol–water partition coefficient (Wildman–Crippen LogP) is 1.99. The molecule has 2 fully saturated rings. The molecule has 3 N–H and O–H groups in total. The summed E-state index contributed by atoms with van der Waals surface area (Å²) in [7, 11) is -3.25. The second-order valence-electron chi connectivity index (χ2n) is 7.58. The first kappa shape index (κ1) is 21.4. The van der Waals surface area contributed by atoms with E-state index in [1.54, 1.807) is 11.3 Å². The second-order valence-corrected chi connectivity index (χ2v) is 10.4. The van der Waals surface area contributed by atoms with E-state index in [2.05, 4.69) is 42.8 Å². The number of nitrogens with one attached hydrogen (secondary N) is 3. The Morgan fingerprint density at radius 1 is 1.29 bits per heavy atom. The van der Waals surface area contributed by atoms with Crippen LogP contribution in [0.25, 0.3) is 0 Å². The van der Waals surface area contributed by atoms with Crippen LogP contribution >= 0.6 is 11.3 Å². The van der Waals surface area contributed by atoms with E-state index in [4.69, 9.17) is 0 Å². The number of aliphatic imine (C=N–C) groups is 1. The smallest absolute Gasteiger partial charge is 0.213 e. The van der Waals surface area contributed by atoms with Crippen LogP contribution in [-0.2, 0) is 10.0 Å². The molecule has 2 heterocycles. The Labute approximate surface area is 173 Å². The van der Waals surface area contributed by atoms with Gasteiger partial charge in [-0.3, -0.25) is 4.99 Å². The Kier molecular flexibility index (Phi) is 7.99. The summed E-state index contributed by atoms with van der Waals surface area (Å²) in [4.78, 5) is 6.91. The fraction of sp³-hybridized carbons (Fsp3) is 0.737. The van der Waals surface area contributed by atoms with Crippen LogP contribution in [-0.4, -0.2) is 58.9 Å². The number of anilines is 1. The SMILES string of the molecule is CCNC(=NCCS(=O)(=O)NCC1CCC1)NC1CCN(c2cccs2)CC1. The van der Waals surface area contributed by atoms with Crippen LogP contribution in [0.1, 0.15) is 39.0 Å². The maximum Gasteiger partial charge on any atom is 0.213 e. The molecule has 1 aliphatic carbocycles. The number of nitrogens with zero attached hydrogens (tertiary/aromatic N) is 2. The molecule has 9 heteroatoms. The van der Waals surface area contributed by atoms with E-state index in [1.807, 2.05) is 6.92 Å². The molecule has 3 rings (SSSR count). The lowest BCUT2D eigenvalue weighted by molar-refractivity contribution is 0.316. The third-order valence-corrected chi connectivity index (χ3v) is 7.70. The Hall–Kier alpha value is -1.32. The summed E-state index contributed by atoms with van der Waals surface area (Å²) >= 11 is 1.78. The Balaban J connectivity index is 1.42. The Morgan fingerprint density at radius 3 is 2.68 bits per heavy atom. The van der Waals surface area contributed by atoms with Crippen LogP contribution in [0, 0.1) is 5.92 Å². The molecule has 0 atom stereocenters. The lowest BCUT2D eigenvalue weighted by Gasteiger charge is -2.33. The van der Waals surface area contributed by atoms with Crippen LogP contribution < -0.4 is 20.3 Å². The van der Waals surface area contributed by atoms with Gasteiger partial charge in [0.1, 0.15) is 0 Å². The predicted molar refractivity (Wildman–Crippen MR) is 118 cm³/mol. The number of sulfonamides is 1. The van der Waals surface area contributed by atoms with E-state index in [0.29, 0.717) is 24.5 Å². The molecule has 2 aliphatic rings. The van der Waals surface area contributed by atoms with Gasteiger partial charge in [-0.15, -0.1) is 11.3 Å². The van der Waals surface area contributed by atoms with Crippen molar-refractivity contribution in [2.24, 2.45) is 10.9 Å². The third-order valence-electron chi connectivity index (χ3n) is 5.44. The van der Waals surface area contributed by atoms with Gasteiger partial charge in [-0.2, -0.15) is 0 Å². The maximum atomic E-state index is 12.1. The van der Waals surface area contributed by atoms with Gasteiger partial charge >= 0.3 is 0 Å². The van der Waals surface area contributed by atoms with E-state index in [9.17, 15) is 8.42 Å². The van der Waals surface area contributed by atoms with E-state index >= 15 is 0 Å². The molecule has 1 aromatic heterocycles. The van der Waals surface area contributed by atoms with Crippen molar-refractivity contribution >= 4 is 32.3 Å². The fourth-order valence-electron chi connectivity index (χ4n) is 3.50. The van der Waals surface area contributed by atoms with Crippen molar-refractivity contribution in [1.29, 1.82) is 0 Å². The van der Waals surface area contributed by atoms with Gasteiger partial charge in [-0.05, 0) is 56.0 Å². The van der Waals surface area contributed by atoms with Crippen molar-refractivity contribution in [3.8, 4) is 0 Å². The molecule has 7 nitrogen and oxygen atoms in total. The van der Waals surface area contributed by atoms with Crippen LogP contribution in [0.5, 0.6) is 0 Å². The summed E-state index contributed by atoms with van der Waals surface area (Å²) < 4.78 is 27.0. The minimum atomic E-state index is -3.25. The molecular weight excluding hydrogens is 394 g/mol. The number of hydrogen-bond donors (Lipinski definition) is 3. The molecule has 0 spiro atoms. The first-order valence-electron chi connectivity index (χ1n) is 10.4. The van der Waals surface area contributed by atoms with Gasteiger partial charge in [0.2, 0.25) is 10.0 Å². The van der Waals surface area contributed by atoms with Crippen molar-refractivity contribution in [2.45, 2.75) is 45.1 Å². The Morgan fingerprint density at radius 2 is 2.07 bits per heavy atom. The van der Waals surface area contributed by atoms with Crippen LogP contribution in [0.4, 0.5) is 5.00 Å². The van der Waals surface area contributed by atoms with Crippen LogP contribution in [0.15, 0.2) is 22.5 Å². The van der Waals surface area contributed by atoms with Crippen molar-refractivity contribution in [1.82, 2.24) is 15.4 Å². The van der Waals surface area contributed by atoms with Crippen molar-refractivity contribution in [3.05, 3.63) is 17.5 Å². The van der Waals surface area contributed by atoms with E-state index in [-0.39, 0.29) is 12.3 Å². The molecular formula is C19H33N5O2S2. The zero-order valence-electron chi connectivity index (χ0n) is 16.7.